The van der Waals surface area contributed by atoms with Crippen molar-refractivity contribution in [3.05, 3.63) is 36.6 Å². The third-order valence-corrected chi connectivity index (χ3v) is 9.61. The van der Waals surface area contributed by atoms with E-state index in [2.05, 4.69) is 38.2 Å². The number of hydrogen-bond donors (Lipinski definition) is 2. The molecule has 0 aromatic carbocycles. The Morgan fingerprint density at radius 3 is 1.62 bits per heavy atom. The highest BCUT2D eigenvalue weighted by Crippen LogP contribution is 2.43. The van der Waals surface area contributed by atoms with E-state index in [0.717, 1.165) is 44.9 Å². The van der Waals surface area contributed by atoms with E-state index < -0.39 is 13.9 Å². The lowest BCUT2D eigenvalue weighted by Gasteiger charge is -2.19. The fourth-order valence-corrected chi connectivity index (χ4v) is 6.35. The molecular formula is C41H78NO7P. The van der Waals surface area contributed by atoms with Gasteiger partial charge in [-0.1, -0.05) is 154 Å². The third-order valence-electron chi connectivity index (χ3n) is 8.62. The summed E-state index contributed by atoms with van der Waals surface area (Å²) < 4.78 is 33.1. The summed E-state index contributed by atoms with van der Waals surface area (Å²) in [6.45, 7) is 4.21. The van der Waals surface area contributed by atoms with E-state index in [9.17, 15) is 14.3 Å². The monoisotopic (exact) mass is 728 g/mol. The van der Waals surface area contributed by atoms with Gasteiger partial charge in [-0.2, -0.15) is 0 Å². The van der Waals surface area contributed by atoms with Gasteiger partial charge in [0, 0.05) is 13.0 Å². The van der Waals surface area contributed by atoms with Gasteiger partial charge in [0.1, 0.15) is 6.61 Å². The lowest BCUT2D eigenvalue weighted by molar-refractivity contribution is -0.153. The van der Waals surface area contributed by atoms with Gasteiger partial charge in [0.2, 0.25) is 0 Å². The van der Waals surface area contributed by atoms with Crippen LogP contribution >= 0.6 is 7.82 Å². The van der Waals surface area contributed by atoms with Crippen molar-refractivity contribution in [2.24, 2.45) is 5.73 Å². The Balaban J connectivity index is 4.12. The molecule has 0 aromatic rings. The van der Waals surface area contributed by atoms with Gasteiger partial charge in [-0.3, -0.25) is 13.8 Å². The second-order valence-corrected chi connectivity index (χ2v) is 15.0. The molecule has 0 radical (unpaired) electrons. The van der Waals surface area contributed by atoms with E-state index in [1.807, 2.05) is 6.08 Å². The summed E-state index contributed by atoms with van der Waals surface area (Å²) >= 11 is 0. The van der Waals surface area contributed by atoms with Crippen LogP contribution in [0.5, 0.6) is 0 Å². The smallest absolute Gasteiger partial charge is 0.472 e. The summed E-state index contributed by atoms with van der Waals surface area (Å²) in [6, 6.07) is 0. The van der Waals surface area contributed by atoms with E-state index in [4.69, 9.17) is 24.3 Å². The van der Waals surface area contributed by atoms with E-state index >= 15 is 0 Å². The first-order valence-electron chi connectivity index (χ1n) is 20.5. The van der Waals surface area contributed by atoms with Crippen LogP contribution in [0, 0.1) is 0 Å². The number of phosphoric ester groups is 1. The molecule has 0 bridgehead atoms. The number of hydrogen-bond acceptors (Lipinski definition) is 7. The van der Waals surface area contributed by atoms with Gasteiger partial charge in [-0.25, -0.2) is 4.57 Å². The van der Waals surface area contributed by atoms with E-state index in [-0.39, 0.29) is 32.3 Å². The minimum Gasteiger partial charge on any atom is -0.498 e. The second-order valence-electron chi connectivity index (χ2n) is 13.6. The maximum atomic E-state index is 12.5. The van der Waals surface area contributed by atoms with Crippen molar-refractivity contribution in [3.8, 4) is 0 Å². The molecule has 0 amide bonds. The molecule has 0 aromatic heterocycles. The fraction of sp³-hybridized carbons (Fsp3) is 0.829. The van der Waals surface area contributed by atoms with Gasteiger partial charge in [-0.05, 0) is 57.4 Å². The number of carbonyl (C=O) groups excluding carboxylic acids is 1. The van der Waals surface area contributed by atoms with Gasteiger partial charge in [0.05, 0.1) is 19.5 Å². The quantitative estimate of drug-likeness (QED) is 0.0211. The minimum atomic E-state index is -4.29. The predicted molar refractivity (Wildman–Crippen MR) is 210 cm³/mol. The molecule has 0 aliphatic rings. The molecule has 0 spiro atoms. The molecule has 0 fully saturated rings. The number of ether oxygens (including phenoxy) is 2. The topological polar surface area (TPSA) is 117 Å². The van der Waals surface area contributed by atoms with Crippen LogP contribution in [0.2, 0.25) is 0 Å². The fourth-order valence-electron chi connectivity index (χ4n) is 5.58. The average molecular weight is 728 g/mol. The SMILES string of the molecule is CCCCC/C=C/C/C=C/CCCCCCCCCC(=O)O[C@H](CO/C=C/CCCCCCCCCCCCCC)COP(=O)(O)OCCN. The highest BCUT2D eigenvalue weighted by molar-refractivity contribution is 7.47. The Bertz CT molecular complexity index is 864. The van der Waals surface area contributed by atoms with Crippen LogP contribution in [0.3, 0.4) is 0 Å². The van der Waals surface area contributed by atoms with Crippen molar-refractivity contribution < 1.29 is 32.8 Å². The highest BCUT2D eigenvalue weighted by atomic mass is 31.2. The van der Waals surface area contributed by atoms with Crippen LogP contribution in [0.15, 0.2) is 36.6 Å². The zero-order valence-corrected chi connectivity index (χ0v) is 33.3. The number of allylic oxidation sites excluding steroid dienone is 5. The molecular weight excluding hydrogens is 649 g/mol. The van der Waals surface area contributed by atoms with E-state index in [1.165, 1.54) is 122 Å². The maximum absolute atomic E-state index is 12.5. The number of nitrogens with two attached hydrogens (primary N) is 1. The van der Waals surface area contributed by atoms with Crippen LogP contribution < -0.4 is 5.73 Å². The second kappa shape index (κ2) is 38.8. The van der Waals surface area contributed by atoms with Gasteiger partial charge < -0.3 is 20.1 Å². The summed E-state index contributed by atoms with van der Waals surface area (Å²) in [5.74, 6) is -0.360. The number of phosphoric acid groups is 1. The molecule has 2 atom stereocenters. The van der Waals surface area contributed by atoms with Crippen molar-refractivity contribution in [1.82, 2.24) is 0 Å². The third kappa shape index (κ3) is 37.8. The predicted octanol–water partition coefficient (Wildman–Crippen LogP) is 12.2. The summed E-state index contributed by atoms with van der Waals surface area (Å²) in [6.07, 6.45) is 43.9. The molecule has 0 rings (SSSR count). The first-order valence-corrected chi connectivity index (χ1v) is 22.0. The molecule has 294 valence electrons. The molecule has 3 N–H and O–H groups in total. The zero-order chi connectivity index (χ0) is 36.6. The Morgan fingerprint density at radius 1 is 0.620 bits per heavy atom. The maximum Gasteiger partial charge on any atom is 0.472 e. The van der Waals surface area contributed by atoms with Crippen molar-refractivity contribution in [2.45, 2.75) is 193 Å². The molecule has 9 heteroatoms. The summed E-state index contributed by atoms with van der Waals surface area (Å²) in [5.41, 5.74) is 5.35. The Kier molecular flexibility index (Phi) is 37.7. The Labute approximate surface area is 308 Å². The largest absolute Gasteiger partial charge is 0.498 e. The molecule has 8 nitrogen and oxygen atoms in total. The average Bonchev–Trinajstić information content (AvgIpc) is 3.10. The van der Waals surface area contributed by atoms with Gasteiger partial charge in [0.25, 0.3) is 0 Å². The standard InChI is InChI=1S/C41H78NO7P/c1-3-5-7-9-11-13-15-17-19-20-21-22-24-26-28-30-32-34-41(43)49-40(39-48-50(44,45)47-37-35-42)38-46-36-33-31-29-27-25-23-18-16-14-12-10-8-6-4-2/h11,13,17,19,33,36,40H,3-10,12,14-16,18,20-32,34-35,37-39,42H2,1-2H3,(H,44,45)/b13-11+,19-17+,36-33+/t40-/m1/s1. The van der Waals surface area contributed by atoms with E-state index in [1.54, 1.807) is 6.26 Å². The van der Waals surface area contributed by atoms with Crippen molar-refractivity contribution in [2.75, 3.05) is 26.4 Å². The molecule has 0 aliphatic carbocycles. The van der Waals surface area contributed by atoms with Crippen molar-refractivity contribution in [1.29, 1.82) is 0 Å². The van der Waals surface area contributed by atoms with Crippen LogP contribution in [0.25, 0.3) is 0 Å². The highest BCUT2D eigenvalue weighted by Gasteiger charge is 2.25. The molecule has 0 aliphatic heterocycles. The van der Waals surface area contributed by atoms with E-state index in [0.29, 0.717) is 6.42 Å². The zero-order valence-electron chi connectivity index (χ0n) is 32.4. The Morgan fingerprint density at radius 2 is 1.08 bits per heavy atom. The van der Waals surface area contributed by atoms with Gasteiger partial charge in [0.15, 0.2) is 6.10 Å². The Hall–Kier alpha value is -1.44. The summed E-state index contributed by atoms with van der Waals surface area (Å²) in [7, 11) is -4.29. The summed E-state index contributed by atoms with van der Waals surface area (Å²) in [5, 5.41) is 0. The first kappa shape index (κ1) is 48.6. The van der Waals surface area contributed by atoms with Crippen molar-refractivity contribution in [3.63, 3.8) is 0 Å². The van der Waals surface area contributed by atoms with Crippen molar-refractivity contribution >= 4 is 13.8 Å². The molecule has 0 saturated carbocycles. The molecule has 1 unspecified atom stereocenters. The first-order chi connectivity index (χ1) is 24.4. The number of carbonyl (C=O) groups is 1. The van der Waals surface area contributed by atoms with Crippen LogP contribution in [-0.2, 0) is 27.9 Å². The lowest BCUT2D eigenvalue weighted by Crippen LogP contribution is -2.27. The number of rotatable bonds is 39. The lowest BCUT2D eigenvalue weighted by atomic mass is 10.0. The van der Waals surface area contributed by atoms with Crippen LogP contribution in [-0.4, -0.2) is 43.3 Å². The molecule has 0 heterocycles. The van der Waals surface area contributed by atoms with Crippen LogP contribution in [0.4, 0.5) is 0 Å². The van der Waals surface area contributed by atoms with Crippen LogP contribution in [0.1, 0.15) is 187 Å². The number of unbranched alkanes of at least 4 members (excludes halogenated alkanes) is 22. The molecule has 50 heavy (non-hydrogen) atoms. The molecule has 0 saturated heterocycles. The van der Waals surface area contributed by atoms with Gasteiger partial charge >= 0.3 is 13.8 Å². The number of esters is 1. The minimum absolute atomic E-state index is 0.0303. The normalized spacial score (nSPS) is 13.8. The summed E-state index contributed by atoms with van der Waals surface area (Å²) in [4.78, 5) is 22.4. The van der Waals surface area contributed by atoms with Gasteiger partial charge in [-0.15, -0.1) is 0 Å².